The third kappa shape index (κ3) is 1.98. The van der Waals surface area contributed by atoms with Crippen molar-refractivity contribution in [2.45, 2.75) is 5.33 Å². The Hall–Kier alpha value is -2.11. The van der Waals surface area contributed by atoms with Crippen LogP contribution in [0.5, 0.6) is 0 Å². The van der Waals surface area contributed by atoms with E-state index in [0.717, 1.165) is 11.0 Å². The highest BCUT2D eigenvalue weighted by molar-refractivity contribution is 9.08. The van der Waals surface area contributed by atoms with Gasteiger partial charge < -0.3 is 8.97 Å². The summed E-state index contributed by atoms with van der Waals surface area (Å²) in [6, 6.07) is 12.8. The molecule has 120 valence electrons. The first-order valence-corrected chi connectivity index (χ1v) is 8.85. The van der Waals surface area contributed by atoms with Gasteiger partial charge in [-0.2, -0.15) is 0 Å². The van der Waals surface area contributed by atoms with E-state index in [2.05, 4.69) is 15.9 Å². The molecular weight excluding hydrogens is 392 g/mol. The van der Waals surface area contributed by atoms with E-state index >= 15 is 0 Å². The van der Waals surface area contributed by atoms with Crippen molar-refractivity contribution < 1.29 is 0 Å². The third-order valence-corrected chi connectivity index (χ3v) is 5.15. The molecule has 0 spiro atoms. The molecule has 0 aliphatic carbocycles. The average molecular weight is 404 g/mol. The largest absolute Gasteiger partial charge is 0.308 e. The minimum atomic E-state index is -0.206. The van der Waals surface area contributed by atoms with Gasteiger partial charge in [0, 0.05) is 28.4 Å². The molecule has 24 heavy (non-hydrogen) atoms. The van der Waals surface area contributed by atoms with E-state index in [9.17, 15) is 9.59 Å². The number of nitrogens with zero attached hydrogens (tertiary/aromatic N) is 2. The number of hydrogen-bond acceptors (Lipinski definition) is 2. The Morgan fingerprint density at radius 3 is 2.46 bits per heavy atom. The Morgan fingerprint density at radius 2 is 1.75 bits per heavy atom. The van der Waals surface area contributed by atoms with Crippen molar-refractivity contribution in [3.8, 4) is 0 Å². The molecule has 6 heteroatoms. The maximum Gasteiger partial charge on any atom is 0.275 e. The number of aryl methyl sites for hydroxylation is 1. The van der Waals surface area contributed by atoms with Crippen LogP contribution >= 0.6 is 27.5 Å². The third-order valence-electron chi connectivity index (χ3n) is 4.35. The number of halogens is 2. The van der Waals surface area contributed by atoms with Crippen LogP contribution in [0, 0.1) is 0 Å². The summed E-state index contributed by atoms with van der Waals surface area (Å²) in [6.45, 7) is 0. The maximum atomic E-state index is 13.0. The van der Waals surface area contributed by atoms with Gasteiger partial charge in [-0.25, -0.2) is 0 Å². The molecule has 4 aromatic rings. The van der Waals surface area contributed by atoms with Gasteiger partial charge in [0.25, 0.3) is 5.56 Å². The highest BCUT2D eigenvalue weighted by atomic mass is 79.9. The summed E-state index contributed by atoms with van der Waals surface area (Å²) in [5.41, 5.74) is 2.77. The molecule has 0 amide bonds. The van der Waals surface area contributed by atoms with Crippen LogP contribution in [-0.4, -0.2) is 8.97 Å². The summed E-state index contributed by atoms with van der Waals surface area (Å²) in [5.74, 6) is 0. The summed E-state index contributed by atoms with van der Waals surface area (Å²) < 4.78 is 3.42. The molecule has 2 aromatic heterocycles. The second kappa shape index (κ2) is 5.46. The van der Waals surface area contributed by atoms with Crippen molar-refractivity contribution in [2.75, 3.05) is 0 Å². The zero-order valence-electron chi connectivity index (χ0n) is 12.7. The standard InChI is InChI=1S/C18H12BrClN2O2/c1-21-13-4-2-3-5-14(13)22-15-8-10(20)6-7-11(15)17(23)12(9-19)16(22)18(21)24/h2-8H,9H2,1H3. The summed E-state index contributed by atoms with van der Waals surface area (Å²) in [7, 11) is 1.72. The monoisotopic (exact) mass is 402 g/mol. The van der Waals surface area contributed by atoms with Gasteiger partial charge in [0.05, 0.1) is 16.6 Å². The second-order valence-corrected chi connectivity index (χ2v) is 6.64. The van der Waals surface area contributed by atoms with E-state index in [0.29, 0.717) is 32.3 Å². The van der Waals surface area contributed by atoms with Crippen molar-refractivity contribution in [3.05, 3.63) is 73.6 Å². The van der Waals surface area contributed by atoms with Gasteiger partial charge in [0.1, 0.15) is 5.52 Å². The predicted octanol–water partition coefficient (Wildman–Crippen LogP) is 3.85. The molecule has 0 aliphatic heterocycles. The fraction of sp³-hybridized carbons (Fsp3) is 0.111. The van der Waals surface area contributed by atoms with E-state index in [1.54, 1.807) is 29.8 Å². The SMILES string of the molecule is Cn1c(=O)c2c(CBr)c(=O)c3ccc(Cl)cc3n2c2ccccc21. The first-order chi connectivity index (χ1) is 11.5. The number of rotatable bonds is 1. The molecule has 0 fully saturated rings. The fourth-order valence-corrected chi connectivity index (χ4v) is 3.90. The number of benzene rings is 2. The van der Waals surface area contributed by atoms with Gasteiger partial charge in [-0.3, -0.25) is 9.59 Å². The van der Waals surface area contributed by atoms with Gasteiger partial charge >= 0.3 is 0 Å². The molecular formula is C18H12BrClN2O2. The van der Waals surface area contributed by atoms with Crippen LogP contribution in [-0.2, 0) is 12.4 Å². The van der Waals surface area contributed by atoms with Crippen LogP contribution in [0.1, 0.15) is 5.56 Å². The molecule has 0 saturated heterocycles. The average Bonchev–Trinajstić information content (AvgIpc) is 2.59. The summed E-state index contributed by atoms with van der Waals surface area (Å²) in [6.07, 6.45) is 0. The summed E-state index contributed by atoms with van der Waals surface area (Å²) in [4.78, 5) is 25.8. The number of pyridine rings is 1. The summed E-state index contributed by atoms with van der Waals surface area (Å²) >= 11 is 9.52. The van der Waals surface area contributed by atoms with Crippen molar-refractivity contribution in [1.29, 1.82) is 0 Å². The molecule has 0 radical (unpaired) electrons. The van der Waals surface area contributed by atoms with E-state index in [-0.39, 0.29) is 11.0 Å². The number of hydrogen-bond donors (Lipinski definition) is 0. The van der Waals surface area contributed by atoms with Crippen molar-refractivity contribution >= 4 is 55.0 Å². The van der Waals surface area contributed by atoms with E-state index in [1.807, 2.05) is 28.7 Å². The number of alkyl halides is 1. The minimum Gasteiger partial charge on any atom is -0.308 e. The van der Waals surface area contributed by atoms with Crippen LogP contribution in [0.25, 0.3) is 27.5 Å². The normalized spacial score (nSPS) is 11.6. The van der Waals surface area contributed by atoms with E-state index in [1.165, 1.54) is 0 Å². The highest BCUT2D eigenvalue weighted by Crippen LogP contribution is 2.24. The Kier molecular flexibility index (Phi) is 3.51. The van der Waals surface area contributed by atoms with Crippen molar-refractivity contribution in [1.82, 2.24) is 8.97 Å². The molecule has 4 nitrogen and oxygen atoms in total. The molecule has 0 unspecified atom stereocenters. The first kappa shape index (κ1) is 15.4. The van der Waals surface area contributed by atoms with E-state index < -0.39 is 0 Å². The van der Waals surface area contributed by atoms with Crippen molar-refractivity contribution in [2.24, 2.45) is 7.05 Å². The zero-order chi connectivity index (χ0) is 17.0. The van der Waals surface area contributed by atoms with Gasteiger partial charge in [-0.1, -0.05) is 39.7 Å². The number of fused-ring (bicyclic) bond motifs is 5. The lowest BCUT2D eigenvalue weighted by Gasteiger charge is -2.15. The van der Waals surface area contributed by atoms with E-state index in [4.69, 9.17) is 11.6 Å². The maximum absolute atomic E-state index is 13.0. The molecule has 0 aliphatic rings. The quantitative estimate of drug-likeness (QED) is 0.358. The second-order valence-electron chi connectivity index (χ2n) is 5.64. The topological polar surface area (TPSA) is 43.5 Å². The Labute approximate surface area is 150 Å². The molecule has 0 bridgehead atoms. The minimum absolute atomic E-state index is 0.147. The van der Waals surface area contributed by atoms with Gasteiger partial charge in [0.2, 0.25) is 0 Å². The molecule has 2 heterocycles. The van der Waals surface area contributed by atoms with Crippen LogP contribution in [0.4, 0.5) is 0 Å². The van der Waals surface area contributed by atoms with Crippen LogP contribution < -0.4 is 11.0 Å². The first-order valence-electron chi connectivity index (χ1n) is 7.35. The Bertz CT molecular complexity index is 1260. The number of aromatic nitrogens is 2. The highest BCUT2D eigenvalue weighted by Gasteiger charge is 2.18. The fourth-order valence-electron chi connectivity index (χ4n) is 3.21. The van der Waals surface area contributed by atoms with Gasteiger partial charge in [-0.15, -0.1) is 0 Å². The number of para-hydroxylation sites is 2. The Morgan fingerprint density at radius 1 is 1.04 bits per heavy atom. The molecule has 0 atom stereocenters. The van der Waals surface area contributed by atoms with Crippen LogP contribution in [0.3, 0.4) is 0 Å². The lowest BCUT2D eigenvalue weighted by molar-refractivity contribution is 0.898. The van der Waals surface area contributed by atoms with Crippen molar-refractivity contribution in [3.63, 3.8) is 0 Å². The van der Waals surface area contributed by atoms with Crippen LogP contribution in [0.15, 0.2) is 52.1 Å². The van der Waals surface area contributed by atoms with Gasteiger partial charge in [-0.05, 0) is 30.3 Å². The molecule has 0 N–H and O–H groups in total. The zero-order valence-corrected chi connectivity index (χ0v) is 15.1. The molecule has 4 rings (SSSR count). The summed E-state index contributed by atoms with van der Waals surface area (Å²) in [5, 5.41) is 1.37. The lowest BCUT2D eigenvalue weighted by Crippen LogP contribution is -2.25. The van der Waals surface area contributed by atoms with Gasteiger partial charge in [0.15, 0.2) is 5.43 Å². The molecule has 2 aromatic carbocycles. The lowest BCUT2D eigenvalue weighted by atomic mass is 10.1. The van der Waals surface area contributed by atoms with Crippen LogP contribution in [0.2, 0.25) is 5.02 Å². The Balaban J connectivity index is 2.52. The molecule has 0 saturated carbocycles. The predicted molar refractivity (Wildman–Crippen MR) is 102 cm³/mol. The smallest absolute Gasteiger partial charge is 0.275 e.